The molecule has 2 aromatic rings. The molecular formula is C12H7ClF6N2O2. The zero-order valence-electron chi connectivity index (χ0n) is 11.2. The fourth-order valence-corrected chi connectivity index (χ4v) is 1.97. The molecule has 0 aliphatic heterocycles. The molecule has 0 fully saturated rings. The molecule has 1 aromatic heterocycles. The summed E-state index contributed by atoms with van der Waals surface area (Å²) >= 11 is 5.58. The topological polar surface area (TPSA) is 36.3 Å². The Morgan fingerprint density at radius 2 is 1.52 bits per heavy atom. The number of aromatic nitrogens is 2. The first-order valence-electron chi connectivity index (χ1n) is 5.81. The van der Waals surface area contributed by atoms with Gasteiger partial charge in [0.2, 0.25) is 0 Å². The lowest BCUT2D eigenvalue weighted by Crippen LogP contribution is -2.16. The number of hydrogen-bond acceptors (Lipinski definition) is 3. The van der Waals surface area contributed by atoms with Crippen molar-refractivity contribution in [1.82, 2.24) is 9.78 Å². The van der Waals surface area contributed by atoms with Crippen LogP contribution in [0.4, 0.5) is 26.3 Å². The van der Waals surface area contributed by atoms with Gasteiger partial charge in [0.15, 0.2) is 5.69 Å². The van der Waals surface area contributed by atoms with Crippen LogP contribution in [0.15, 0.2) is 24.3 Å². The summed E-state index contributed by atoms with van der Waals surface area (Å²) in [4.78, 5) is 0. The molecule has 4 nitrogen and oxygen atoms in total. The van der Waals surface area contributed by atoms with Gasteiger partial charge in [0.1, 0.15) is 16.5 Å². The van der Waals surface area contributed by atoms with E-state index < -0.39 is 34.9 Å². The summed E-state index contributed by atoms with van der Waals surface area (Å²) in [7, 11) is 1.03. The van der Waals surface area contributed by atoms with E-state index in [1.807, 2.05) is 0 Å². The van der Waals surface area contributed by atoms with Crippen molar-refractivity contribution >= 4 is 11.6 Å². The quantitative estimate of drug-likeness (QED) is 0.739. The van der Waals surface area contributed by atoms with E-state index in [4.69, 9.17) is 16.3 Å². The third-order valence-electron chi connectivity index (χ3n) is 2.50. The van der Waals surface area contributed by atoms with E-state index in [0.29, 0.717) is 4.68 Å². The van der Waals surface area contributed by atoms with Gasteiger partial charge < -0.3 is 9.47 Å². The molecule has 2 rings (SSSR count). The molecule has 0 unspecified atom stereocenters. The van der Waals surface area contributed by atoms with Crippen LogP contribution in [0.1, 0.15) is 5.69 Å². The summed E-state index contributed by atoms with van der Waals surface area (Å²) in [6, 6.07) is 4.01. The molecule has 1 heterocycles. The monoisotopic (exact) mass is 360 g/mol. The summed E-state index contributed by atoms with van der Waals surface area (Å²) in [5.41, 5.74) is -1.20. The van der Waals surface area contributed by atoms with Crippen molar-refractivity contribution in [2.45, 2.75) is 12.5 Å². The summed E-state index contributed by atoms with van der Waals surface area (Å²) in [6.45, 7) is 0. The third kappa shape index (κ3) is 4.21. The molecule has 0 N–H and O–H groups in total. The molecule has 0 aliphatic rings. The minimum Gasteiger partial charge on any atom is -0.436 e. The number of aryl methyl sites for hydroxylation is 1. The Labute approximate surface area is 130 Å². The number of alkyl halides is 6. The van der Waals surface area contributed by atoms with Gasteiger partial charge in [-0.1, -0.05) is 11.6 Å². The highest BCUT2D eigenvalue weighted by Crippen LogP contribution is 2.40. The van der Waals surface area contributed by atoms with Gasteiger partial charge in [-0.25, -0.2) is 0 Å². The number of ether oxygens (including phenoxy) is 2. The predicted molar refractivity (Wildman–Crippen MR) is 66.4 cm³/mol. The summed E-state index contributed by atoms with van der Waals surface area (Å²) in [5, 5.41) is 2.73. The maximum Gasteiger partial charge on any atom is 0.573 e. The van der Waals surface area contributed by atoms with E-state index in [1.165, 1.54) is 0 Å². The average molecular weight is 361 g/mol. The van der Waals surface area contributed by atoms with E-state index >= 15 is 0 Å². The zero-order valence-corrected chi connectivity index (χ0v) is 11.9. The van der Waals surface area contributed by atoms with E-state index in [-0.39, 0.29) is 5.75 Å². The van der Waals surface area contributed by atoms with Crippen LogP contribution < -0.4 is 9.47 Å². The molecule has 0 amide bonds. The second kappa shape index (κ2) is 5.84. The molecule has 0 saturated carbocycles. The van der Waals surface area contributed by atoms with Gasteiger partial charge in [-0.2, -0.15) is 13.2 Å². The average Bonchev–Trinajstić information content (AvgIpc) is 2.64. The fraction of sp³-hybridized carbons (Fsp3) is 0.250. The third-order valence-corrected chi connectivity index (χ3v) is 2.84. The molecule has 23 heavy (non-hydrogen) atoms. The van der Waals surface area contributed by atoms with Crippen LogP contribution in [0.3, 0.4) is 0 Å². The molecular weight excluding hydrogens is 354 g/mol. The lowest BCUT2D eigenvalue weighted by atomic mass is 10.3. The van der Waals surface area contributed by atoms with Gasteiger partial charge in [-0.05, 0) is 24.3 Å². The Balaban J connectivity index is 2.20. The lowest BCUT2D eigenvalue weighted by Gasteiger charge is -2.09. The van der Waals surface area contributed by atoms with Crippen molar-refractivity contribution in [1.29, 1.82) is 0 Å². The Kier molecular flexibility index (Phi) is 4.38. The van der Waals surface area contributed by atoms with Crippen LogP contribution in [-0.2, 0) is 13.2 Å². The van der Waals surface area contributed by atoms with Crippen molar-refractivity contribution < 1.29 is 35.8 Å². The standard InChI is InChI=1S/C12H7ClF6N2O2/c1-21-9(11(14,15)16)8(13)10(20-21)22-6-2-4-7(5-3-6)23-12(17,18)19/h2-5H,1H3. The van der Waals surface area contributed by atoms with Crippen molar-refractivity contribution in [2.24, 2.45) is 7.05 Å². The largest absolute Gasteiger partial charge is 0.573 e. The molecule has 0 saturated heterocycles. The number of hydrogen-bond donors (Lipinski definition) is 0. The number of rotatable bonds is 3. The molecule has 0 radical (unpaired) electrons. The van der Waals surface area contributed by atoms with Crippen molar-refractivity contribution in [2.75, 3.05) is 0 Å². The second-order valence-electron chi connectivity index (χ2n) is 4.21. The molecule has 11 heteroatoms. The van der Waals surface area contributed by atoms with Crippen LogP contribution in [0.2, 0.25) is 5.02 Å². The normalized spacial score (nSPS) is 12.3. The van der Waals surface area contributed by atoms with Crippen LogP contribution in [0.25, 0.3) is 0 Å². The highest BCUT2D eigenvalue weighted by molar-refractivity contribution is 6.32. The Hall–Kier alpha value is -2.10. The molecule has 0 aliphatic carbocycles. The fourth-order valence-electron chi connectivity index (χ4n) is 1.67. The first kappa shape index (κ1) is 17.3. The summed E-state index contributed by atoms with van der Waals surface area (Å²) in [6.07, 6.45) is -9.58. The Bertz CT molecular complexity index is 693. The predicted octanol–water partition coefficient (Wildman–Crippen LogP) is 4.78. The van der Waals surface area contributed by atoms with Crippen molar-refractivity contribution in [3.63, 3.8) is 0 Å². The van der Waals surface area contributed by atoms with Crippen LogP contribution in [-0.4, -0.2) is 16.1 Å². The SMILES string of the molecule is Cn1nc(Oc2ccc(OC(F)(F)F)cc2)c(Cl)c1C(F)(F)F. The highest BCUT2D eigenvalue weighted by Gasteiger charge is 2.39. The zero-order chi connectivity index (χ0) is 17.4. The van der Waals surface area contributed by atoms with E-state index in [0.717, 1.165) is 31.3 Å². The highest BCUT2D eigenvalue weighted by atomic mass is 35.5. The summed E-state index contributed by atoms with van der Waals surface area (Å²) in [5.74, 6) is -1.09. The van der Waals surface area contributed by atoms with E-state index in [1.54, 1.807) is 0 Å². The summed E-state index contributed by atoms with van der Waals surface area (Å²) < 4.78 is 83.5. The minimum atomic E-state index is -4.85. The lowest BCUT2D eigenvalue weighted by molar-refractivity contribution is -0.274. The first-order chi connectivity index (χ1) is 10.5. The molecule has 0 bridgehead atoms. The van der Waals surface area contributed by atoms with Crippen molar-refractivity contribution in [3.05, 3.63) is 35.0 Å². The van der Waals surface area contributed by atoms with Gasteiger partial charge >= 0.3 is 12.5 Å². The number of halogens is 7. The van der Waals surface area contributed by atoms with E-state index in [9.17, 15) is 26.3 Å². The second-order valence-corrected chi connectivity index (χ2v) is 4.59. The smallest absolute Gasteiger partial charge is 0.436 e. The van der Waals surface area contributed by atoms with Gasteiger partial charge in [-0.3, -0.25) is 4.68 Å². The van der Waals surface area contributed by atoms with Crippen molar-refractivity contribution in [3.8, 4) is 17.4 Å². The van der Waals surface area contributed by atoms with Crippen LogP contribution in [0, 0.1) is 0 Å². The molecule has 126 valence electrons. The Morgan fingerprint density at radius 3 is 1.96 bits per heavy atom. The Morgan fingerprint density at radius 1 is 1.00 bits per heavy atom. The number of nitrogens with zero attached hydrogens (tertiary/aromatic N) is 2. The minimum absolute atomic E-state index is 0.0618. The first-order valence-corrected chi connectivity index (χ1v) is 6.18. The van der Waals surface area contributed by atoms with Gasteiger partial charge in [0.05, 0.1) is 0 Å². The molecule has 0 atom stereocenters. The molecule has 0 spiro atoms. The number of benzene rings is 1. The maximum atomic E-state index is 12.7. The van der Waals surface area contributed by atoms with Crippen LogP contribution >= 0.6 is 11.6 Å². The van der Waals surface area contributed by atoms with Gasteiger partial charge in [-0.15, -0.1) is 18.3 Å². The van der Waals surface area contributed by atoms with Gasteiger partial charge in [0, 0.05) is 7.05 Å². The van der Waals surface area contributed by atoms with Crippen LogP contribution in [0.5, 0.6) is 17.4 Å². The maximum absolute atomic E-state index is 12.7. The molecule has 1 aromatic carbocycles. The van der Waals surface area contributed by atoms with E-state index in [2.05, 4.69) is 9.84 Å². The van der Waals surface area contributed by atoms with Gasteiger partial charge in [0.25, 0.3) is 5.88 Å².